The molecule has 2 aliphatic rings. The van der Waals surface area contributed by atoms with E-state index in [2.05, 4.69) is 32.1 Å². The van der Waals surface area contributed by atoms with Crippen molar-refractivity contribution in [2.75, 3.05) is 11.1 Å². The zero-order valence-electron chi connectivity index (χ0n) is 13.5. The van der Waals surface area contributed by atoms with Gasteiger partial charge in [0.25, 0.3) is 0 Å². The van der Waals surface area contributed by atoms with E-state index >= 15 is 0 Å². The topological polar surface area (TPSA) is 137 Å². The number of aliphatic hydroxyl groups is 3. The number of aromatic nitrogens is 3. The fourth-order valence-electron chi connectivity index (χ4n) is 3.49. The molecule has 4 rings (SSSR count). The lowest BCUT2D eigenvalue weighted by molar-refractivity contribution is -0.0852. The van der Waals surface area contributed by atoms with Gasteiger partial charge < -0.3 is 26.4 Å². The number of hydrogen-bond donors (Lipinski definition) is 5. The number of fused-ring (bicyclic) bond motifs is 1. The Bertz CT molecular complexity index is 931. The number of anilines is 2. The molecule has 0 aromatic carbocycles. The largest absolute Gasteiger partial charge is 0.390 e. The highest BCUT2D eigenvalue weighted by Gasteiger charge is 2.78. The number of hydrogen-bond acceptors (Lipinski definition) is 8. The van der Waals surface area contributed by atoms with Crippen molar-refractivity contribution in [2.45, 2.75) is 30.3 Å². The Hall–Kier alpha value is -2.44. The monoisotopic (exact) mass is 373 g/mol. The van der Waals surface area contributed by atoms with Crippen LogP contribution in [-0.4, -0.2) is 47.7 Å². The van der Waals surface area contributed by atoms with Crippen LogP contribution in [-0.2, 0) is 0 Å². The molecule has 6 N–H and O–H groups in total. The summed E-state index contributed by atoms with van der Waals surface area (Å²) < 4.78 is 0. The zero-order valence-corrected chi connectivity index (χ0v) is 14.3. The zero-order chi connectivity index (χ0) is 18.5. The SMILES string of the molecule is Nc1nc(Cl)c(C#Cc2ccccn2)c(NC2(O)CCC3C(O)C32O)n1. The molecular formula is C17H16ClN5O3. The molecule has 8 nitrogen and oxygen atoms in total. The third-order valence-electron chi connectivity index (χ3n) is 4.96. The lowest BCUT2D eigenvalue weighted by atomic mass is 10.0. The van der Waals surface area contributed by atoms with Gasteiger partial charge in [0.1, 0.15) is 16.9 Å². The Kier molecular flexibility index (Phi) is 3.78. The molecule has 26 heavy (non-hydrogen) atoms. The van der Waals surface area contributed by atoms with Crippen LogP contribution in [0.1, 0.15) is 24.1 Å². The van der Waals surface area contributed by atoms with E-state index in [4.69, 9.17) is 17.3 Å². The Morgan fingerprint density at radius 2 is 2.08 bits per heavy atom. The van der Waals surface area contributed by atoms with E-state index < -0.39 is 17.4 Å². The number of aliphatic hydroxyl groups excluding tert-OH is 1. The Morgan fingerprint density at radius 3 is 2.73 bits per heavy atom. The van der Waals surface area contributed by atoms with Crippen LogP contribution in [0.4, 0.5) is 11.8 Å². The molecule has 0 aliphatic heterocycles. The summed E-state index contributed by atoms with van der Waals surface area (Å²) in [4.78, 5) is 12.0. The molecular weight excluding hydrogens is 358 g/mol. The first-order valence-corrected chi connectivity index (χ1v) is 8.40. The van der Waals surface area contributed by atoms with Crippen molar-refractivity contribution in [1.29, 1.82) is 0 Å². The van der Waals surface area contributed by atoms with E-state index in [1.54, 1.807) is 24.4 Å². The van der Waals surface area contributed by atoms with Crippen molar-refractivity contribution in [1.82, 2.24) is 15.0 Å². The molecule has 2 saturated carbocycles. The molecule has 2 aromatic rings. The number of halogens is 1. The molecule has 4 unspecified atom stereocenters. The highest BCUT2D eigenvalue weighted by atomic mass is 35.5. The van der Waals surface area contributed by atoms with Crippen molar-refractivity contribution in [3.8, 4) is 11.8 Å². The summed E-state index contributed by atoms with van der Waals surface area (Å²) in [5.41, 5.74) is 2.99. The number of nitrogen functional groups attached to an aromatic ring is 1. The first-order chi connectivity index (χ1) is 12.3. The quantitative estimate of drug-likeness (QED) is 0.284. The minimum atomic E-state index is -1.76. The molecule has 0 radical (unpaired) electrons. The van der Waals surface area contributed by atoms with Crippen LogP contribution in [0, 0.1) is 17.8 Å². The maximum atomic E-state index is 10.9. The standard InChI is InChI=1S/C17H16ClN5O3/c18-13-10(5-4-9-3-1-2-8-20-9)14(22-15(19)21-13)23-16(25)7-6-11-12(24)17(11,16)26/h1-3,8,11-12,24-26H,6-7H2,(H3,19,21,22,23). The molecule has 0 bridgehead atoms. The predicted octanol–water partition coefficient (Wildman–Crippen LogP) is 0.123. The van der Waals surface area contributed by atoms with Crippen LogP contribution < -0.4 is 11.1 Å². The molecule has 9 heteroatoms. The normalized spacial score (nSPS) is 31.7. The third-order valence-corrected chi connectivity index (χ3v) is 5.23. The average molecular weight is 374 g/mol. The predicted molar refractivity (Wildman–Crippen MR) is 93.9 cm³/mol. The first kappa shape index (κ1) is 17.0. The Balaban J connectivity index is 1.72. The summed E-state index contributed by atoms with van der Waals surface area (Å²) >= 11 is 6.15. The molecule has 2 aromatic heterocycles. The van der Waals surface area contributed by atoms with Gasteiger partial charge in [0, 0.05) is 12.1 Å². The molecule has 2 heterocycles. The van der Waals surface area contributed by atoms with Gasteiger partial charge in [-0.2, -0.15) is 9.97 Å². The van der Waals surface area contributed by atoms with E-state index in [0.29, 0.717) is 12.1 Å². The maximum Gasteiger partial charge on any atom is 0.223 e. The molecule has 2 aliphatic carbocycles. The van der Waals surface area contributed by atoms with Crippen LogP contribution in [0.2, 0.25) is 5.15 Å². The fraction of sp³-hybridized carbons (Fsp3) is 0.353. The number of nitrogens with one attached hydrogen (secondary N) is 1. The minimum Gasteiger partial charge on any atom is -0.390 e. The summed E-state index contributed by atoms with van der Waals surface area (Å²) in [7, 11) is 0. The number of nitrogens with zero attached hydrogens (tertiary/aromatic N) is 3. The van der Waals surface area contributed by atoms with E-state index in [1.807, 2.05) is 0 Å². The van der Waals surface area contributed by atoms with Gasteiger partial charge in [0.15, 0.2) is 16.7 Å². The van der Waals surface area contributed by atoms with Crippen LogP contribution in [0.3, 0.4) is 0 Å². The smallest absolute Gasteiger partial charge is 0.223 e. The highest BCUT2D eigenvalue weighted by molar-refractivity contribution is 6.31. The second-order valence-electron chi connectivity index (χ2n) is 6.46. The van der Waals surface area contributed by atoms with Crippen LogP contribution in [0.25, 0.3) is 0 Å². The summed E-state index contributed by atoms with van der Waals surface area (Å²) in [5.74, 6) is 5.26. The van der Waals surface area contributed by atoms with Crippen LogP contribution in [0.5, 0.6) is 0 Å². The first-order valence-electron chi connectivity index (χ1n) is 8.02. The van der Waals surface area contributed by atoms with E-state index in [1.165, 1.54) is 0 Å². The molecule has 0 amide bonds. The van der Waals surface area contributed by atoms with Gasteiger partial charge in [-0.25, -0.2) is 4.98 Å². The Labute approximate surface area is 154 Å². The molecule has 4 atom stereocenters. The fourth-order valence-corrected chi connectivity index (χ4v) is 3.71. The van der Waals surface area contributed by atoms with Crippen molar-refractivity contribution >= 4 is 23.4 Å². The summed E-state index contributed by atoms with van der Waals surface area (Å²) in [6, 6.07) is 5.29. The van der Waals surface area contributed by atoms with Gasteiger partial charge in [-0.3, -0.25) is 0 Å². The summed E-state index contributed by atoms with van der Waals surface area (Å²) in [5, 5.41) is 34.0. The van der Waals surface area contributed by atoms with Crippen LogP contribution in [0.15, 0.2) is 24.4 Å². The van der Waals surface area contributed by atoms with Gasteiger partial charge >= 0.3 is 0 Å². The second kappa shape index (κ2) is 5.79. The van der Waals surface area contributed by atoms with E-state index in [0.717, 1.165) is 0 Å². The summed E-state index contributed by atoms with van der Waals surface area (Å²) in [6.07, 6.45) is 1.33. The lowest BCUT2D eigenvalue weighted by Gasteiger charge is -2.32. The lowest BCUT2D eigenvalue weighted by Crippen LogP contribution is -2.51. The third kappa shape index (κ3) is 2.48. The summed E-state index contributed by atoms with van der Waals surface area (Å²) in [6.45, 7) is 0. The highest BCUT2D eigenvalue weighted by Crippen LogP contribution is 2.60. The minimum absolute atomic E-state index is 0.00455. The van der Waals surface area contributed by atoms with Gasteiger partial charge in [0.2, 0.25) is 5.95 Å². The Morgan fingerprint density at radius 1 is 1.27 bits per heavy atom. The number of pyridine rings is 1. The average Bonchev–Trinajstić information content (AvgIpc) is 3.02. The van der Waals surface area contributed by atoms with Crippen LogP contribution >= 0.6 is 11.6 Å². The maximum absolute atomic E-state index is 10.9. The molecule has 0 spiro atoms. The molecule has 0 saturated heterocycles. The van der Waals surface area contributed by atoms with Gasteiger partial charge in [0.05, 0.1) is 6.10 Å². The van der Waals surface area contributed by atoms with Crippen molar-refractivity contribution in [3.05, 3.63) is 40.8 Å². The number of rotatable bonds is 2. The van der Waals surface area contributed by atoms with E-state index in [-0.39, 0.29) is 34.8 Å². The van der Waals surface area contributed by atoms with Gasteiger partial charge in [-0.15, -0.1) is 0 Å². The second-order valence-corrected chi connectivity index (χ2v) is 6.82. The van der Waals surface area contributed by atoms with Crippen molar-refractivity contribution in [3.63, 3.8) is 0 Å². The van der Waals surface area contributed by atoms with Gasteiger partial charge in [-0.05, 0) is 30.9 Å². The van der Waals surface area contributed by atoms with Gasteiger partial charge in [-0.1, -0.05) is 23.6 Å². The molecule has 134 valence electrons. The van der Waals surface area contributed by atoms with E-state index in [9.17, 15) is 15.3 Å². The van der Waals surface area contributed by atoms with Crippen molar-refractivity contribution in [2.24, 2.45) is 5.92 Å². The number of nitrogens with two attached hydrogens (primary N) is 1. The molecule has 2 fully saturated rings. The van der Waals surface area contributed by atoms with Crippen molar-refractivity contribution < 1.29 is 15.3 Å².